The van der Waals surface area contributed by atoms with Crippen molar-refractivity contribution in [3.05, 3.63) is 70.6 Å². The molecular formula is C22H21N5O2S. The van der Waals surface area contributed by atoms with Gasteiger partial charge in [0.2, 0.25) is 11.8 Å². The van der Waals surface area contributed by atoms with Crippen molar-refractivity contribution in [1.29, 1.82) is 0 Å². The van der Waals surface area contributed by atoms with Crippen molar-refractivity contribution in [3.63, 3.8) is 0 Å². The van der Waals surface area contributed by atoms with E-state index in [0.717, 1.165) is 27.0 Å². The molecule has 4 heterocycles. The van der Waals surface area contributed by atoms with Gasteiger partial charge in [0.1, 0.15) is 5.69 Å². The van der Waals surface area contributed by atoms with E-state index in [1.54, 1.807) is 25.6 Å². The second-order valence-electron chi connectivity index (χ2n) is 6.76. The number of thiophene rings is 1. The molecule has 152 valence electrons. The van der Waals surface area contributed by atoms with Gasteiger partial charge in [0.15, 0.2) is 5.78 Å². The molecule has 8 heteroatoms. The number of nitrogens with zero attached hydrogens (tertiary/aromatic N) is 4. The van der Waals surface area contributed by atoms with Crippen molar-refractivity contribution >= 4 is 33.3 Å². The summed E-state index contributed by atoms with van der Waals surface area (Å²) in [4.78, 5) is 30.5. The summed E-state index contributed by atoms with van der Waals surface area (Å²) in [5, 5.41) is 5.16. The van der Waals surface area contributed by atoms with E-state index in [1.807, 2.05) is 36.6 Å². The van der Waals surface area contributed by atoms with Crippen molar-refractivity contribution in [2.24, 2.45) is 0 Å². The Morgan fingerprint density at radius 2 is 2.07 bits per heavy atom. The summed E-state index contributed by atoms with van der Waals surface area (Å²) in [5.74, 6) is 0.987. The van der Waals surface area contributed by atoms with Crippen LogP contribution in [0.15, 0.2) is 48.1 Å². The third kappa shape index (κ3) is 4.44. The van der Waals surface area contributed by atoms with E-state index < -0.39 is 0 Å². The van der Waals surface area contributed by atoms with E-state index in [-0.39, 0.29) is 5.78 Å². The first-order chi connectivity index (χ1) is 14.6. The molecule has 0 radical (unpaired) electrons. The molecule has 30 heavy (non-hydrogen) atoms. The SMILES string of the molecule is COc1ccc(CCC(=O)c2nc(NCc3cccnc3C)nc3ccsc23)cn1. The Hall–Kier alpha value is -3.39. The number of methoxy groups -OCH3 is 1. The van der Waals surface area contributed by atoms with E-state index in [9.17, 15) is 4.79 Å². The number of aryl methyl sites for hydroxylation is 2. The standard InChI is InChI=1S/C22H21N5O2S/c1-14-16(4-3-10-23-14)13-25-22-26-17-9-11-30-21(17)20(27-22)18(28)7-5-15-6-8-19(29-2)24-12-15/h3-4,6,8-12H,5,7,13H2,1-2H3,(H,25,26,27). The van der Waals surface area contributed by atoms with Gasteiger partial charge in [-0.2, -0.15) is 0 Å². The number of pyridine rings is 2. The predicted molar refractivity (Wildman–Crippen MR) is 117 cm³/mol. The highest BCUT2D eigenvalue weighted by Crippen LogP contribution is 2.25. The van der Waals surface area contributed by atoms with Crippen molar-refractivity contribution in [2.45, 2.75) is 26.3 Å². The van der Waals surface area contributed by atoms with Gasteiger partial charge in [-0.15, -0.1) is 11.3 Å². The lowest BCUT2D eigenvalue weighted by atomic mass is 10.1. The van der Waals surface area contributed by atoms with Gasteiger partial charge in [0.05, 0.1) is 17.3 Å². The first kappa shape index (κ1) is 19.9. The maximum atomic E-state index is 13.0. The highest BCUT2D eigenvalue weighted by atomic mass is 32.1. The Balaban J connectivity index is 1.51. The van der Waals surface area contributed by atoms with E-state index in [4.69, 9.17) is 4.74 Å². The third-order valence-corrected chi connectivity index (χ3v) is 5.68. The quantitative estimate of drug-likeness (QED) is 0.428. The van der Waals surface area contributed by atoms with Gasteiger partial charge in [-0.1, -0.05) is 12.1 Å². The lowest BCUT2D eigenvalue weighted by molar-refractivity contribution is 0.0980. The molecule has 0 aromatic carbocycles. The smallest absolute Gasteiger partial charge is 0.224 e. The number of ether oxygens (including phenoxy) is 1. The van der Waals surface area contributed by atoms with Crippen LogP contribution < -0.4 is 10.1 Å². The normalized spacial score (nSPS) is 10.9. The molecule has 0 aliphatic carbocycles. The van der Waals surface area contributed by atoms with Gasteiger partial charge in [-0.05, 0) is 42.0 Å². The van der Waals surface area contributed by atoms with E-state index in [2.05, 4.69) is 25.3 Å². The van der Waals surface area contributed by atoms with E-state index in [0.29, 0.717) is 36.9 Å². The molecule has 1 N–H and O–H groups in total. The number of hydrogen-bond acceptors (Lipinski definition) is 8. The summed E-state index contributed by atoms with van der Waals surface area (Å²) in [6, 6.07) is 9.53. The number of nitrogens with one attached hydrogen (secondary N) is 1. The Morgan fingerprint density at radius 3 is 2.83 bits per heavy atom. The topological polar surface area (TPSA) is 89.9 Å². The molecule has 7 nitrogen and oxygen atoms in total. The fourth-order valence-electron chi connectivity index (χ4n) is 3.07. The molecule has 0 unspecified atom stereocenters. The highest BCUT2D eigenvalue weighted by molar-refractivity contribution is 7.17. The van der Waals surface area contributed by atoms with Gasteiger partial charge >= 0.3 is 0 Å². The van der Waals surface area contributed by atoms with E-state index in [1.165, 1.54) is 11.3 Å². The Morgan fingerprint density at radius 1 is 1.17 bits per heavy atom. The number of ketones is 1. The van der Waals surface area contributed by atoms with Gasteiger partial charge in [0.25, 0.3) is 0 Å². The molecule has 0 bridgehead atoms. The maximum Gasteiger partial charge on any atom is 0.224 e. The predicted octanol–water partition coefficient (Wildman–Crippen LogP) is 4.23. The van der Waals surface area contributed by atoms with Crippen LogP contribution in [0.2, 0.25) is 0 Å². The number of anilines is 1. The van der Waals surface area contributed by atoms with Crippen LogP contribution in [0.25, 0.3) is 10.2 Å². The largest absolute Gasteiger partial charge is 0.481 e. The number of Topliss-reactive ketones (excluding diaryl/α,β-unsaturated/α-hetero) is 1. The molecule has 4 aromatic heterocycles. The van der Waals surface area contributed by atoms with E-state index >= 15 is 0 Å². The van der Waals surface area contributed by atoms with Gasteiger partial charge < -0.3 is 10.1 Å². The second-order valence-corrected chi connectivity index (χ2v) is 7.68. The van der Waals surface area contributed by atoms with Crippen LogP contribution >= 0.6 is 11.3 Å². The summed E-state index contributed by atoms with van der Waals surface area (Å²) in [6.45, 7) is 2.50. The van der Waals surface area contributed by atoms with Gasteiger partial charge in [0, 0.05) is 37.1 Å². The molecule has 0 spiro atoms. The highest BCUT2D eigenvalue weighted by Gasteiger charge is 2.16. The number of fused-ring (bicyclic) bond motifs is 1. The van der Waals surface area contributed by atoms with Crippen molar-refractivity contribution in [2.75, 3.05) is 12.4 Å². The van der Waals surface area contributed by atoms with Crippen LogP contribution in [0.1, 0.15) is 33.7 Å². The zero-order valence-corrected chi connectivity index (χ0v) is 17.6. The minimum Gasteiger partial charge on any atom is -0.481 e. The number of hydrogen-bond donors (Lipinski definition) is 1. The average molecular weight is 420 g/mol. The molecule has 4 rings (SSSR count). The minimum absolute atomic E-state index is 0.0127. The second kappa shape index (κ2) is 8.96. The summed E-state index contributed by atoms with van der Waals surface area (Å²) in [5.41, 5.74) is 4.22. The van der Waals surface area contributed by atoms with Gasteiger partial charge in [-0.3, -0.25) is 9.78 Å². The lowest BCUT2D eigenvalue weighted by Gasteiger charge is -2.09. The Labute approximate surface area is 178 Å². The molecule has 0 atom stereocenters. The third-order valence-electron chi connectivity index (χ3n) is 4.77. The zero-order valence-electron chi connectivity index (χ0n) is 16.8. The Kier molecular flexibility index (Phi) is 5.94. The lowest BCUT2D eigenvalue weighted by Crippen LogP contribution is -2.10. The maximum absolute atomic E-state index is 13.0. The van der Waals surface area contributed by atoms with Crippen molar-refractivity contribution in [1.82, 2.24) is 19.9 Å². The van der Waals surface area contributed by atoms with Crippen LogP contribution in [0.5, 0.6) is 5.88 Å². The molecule has 0 amide bonds. The number of aromatic nitrogens is 4. The van der Waals surface area contributed by atoms with Crippen LogP contribution in [-0.4, -0.2) is 32.8 Å². The van der Waals surface area contributed by atoms with Crippen LogP contribution in [0.3, 0.4) is 0 Å². The Bertz CT molecular complexity index is 1170. The first-order valence-corrected chi connectivity index (χ1v) is 10.4. The van der Waals surface area contributed by atoms with Crippen LogP contribution in [0, 0.1) is 6.92 Å². The molecule has 0 saturated heterocycles. The average Bonchev–Trinajstić information content (AvgIpc) is 3.25. The number of carbonyl (C=O) groups is 1. The number of carbonyl (C=O) groups excluding carboxylic acids is 1. The summed E-state index contributed by atoms with van der Waals surface area (Å²) >= 11 is 1.48. The molecular weight excluding hydrogens is 398 g/mol. The molecule has 0 aliphatic rings. The molecule has 4 aromatic rings. The molecule has 0 saturated carbocycles. The summed E-state index contributed by atoms with van der Waals surface area (Å²) < 4.78 is 5.89. The number of rotatable bonds is 8. The first-order valence-electron chi connectivity index (χ1n) is 9.56. The minimum atomic E-state index is -0.0127. The fourth-order valence-corrected chi connectivity index (χ4v) is 3.90. The van der Waals surface area contributed by atoms with Crippen molar-refractivity contribution < 1.29 is 9.53 Å². The molecule has 0 aliphatic heterocycles. The van der Waals surface area contributed by atoms with Crippen molar-refractivity contribution in [3.8, 4) is 5.88 Å². The summed E-state index contributed by atoms with van der Waals surface area (Å²) in [6.07, 6.45) is 4.43. The van der Waals surface area contributed by atoms with Crippen LogP contribution in [0.4, 0.5) is 5.95 Å². The van der Waals surface area contributed by atoms with Crippen LogP contribution in [-0.2, 0) is 13.0 Å². The molecule has 0 fully saturated rings. The zero-order chi connectivity index (χ0) is 20.9. The monoisotopic (exact) mass is 419 g/mol. The van der Waals surface area contributed by atoms with Gasteiger partial charge in [-0.25, -0.2) is 15.0 Å². The fraction of sp³-hybridized carbons (Fsp3) is 0.227. The summed E-state index contributed by atoms with van der Waals surface area (Å²) in [7, 11) is 1.58.